The number of hydrogen-bond donors (Lipinski definition) is 1. The van der Waals surface area contributed by atoms with Crippen molar-refractivity contribution in [3.05, 3.63) is 47.3 Å². The highest BCUT2D eigenvalue weighted by atomic mass is 19.1. The molecular formula is C19H26FNO3. The van der Waals surface area contributed by atoms with E-state index in [4.69, 9.17) is 9.47 Å². The molecule has 1 N–H and O–H groups in total. The predicted molar refractivity (Wildman–Crippen MR) is 91.3 cm³/mol. The van der Waals surface area contributed by atoms with Gasteiger partial charge in [-0.15, -0.1) is 0 Å². The fourth-order valence-electron chi connectivity index (χ4n) is 2.58. The van der Waals surface area contributed by atoms with Crippen LogP contribution in [0.15, 0.2) is 35.9 Å². The van der Waals surface area contributed by atoms with Crippen molar-refractivity contribution >= 4 is 5.91 Å². The van der Waals surface area contributed by atoms with E-state index >= 15 is 0 Å². The molecule has 1 amide bonds. The van der Waals surface area contributed by atoms with Gasteiger partial charge in [0.15, 0.2) is 0 Å². The summed E-state index contributed by atoms with van der Waals surface area (Å²) in [6.07, 6.45) is 3.73. The second kappa shape index (κ2) is 9.55. The Morgan fingerprint density at radius 1 is 1.38 bits per heavy atom. The molecule has 1 fully saturated rings. The normalized spacial score (nSPS) is 20.5. The van der Waals surface area contributed by atoms with Crippen LogP contribution in [-0.2, 0) is 20.7 Å². The lowest BCUT2D eigenvalue weighted by Gasteiger charge is -2.32. The van der Waals surface area contributed by atoms with E-state index in [-0.39, 0.29) is 23.9 Å². The second-order valence-electron chi connectivity index (χ2n) is 6.32. The highest BCUT2D eigenvalue weighted by Crippen LogP contribution is 2.13. The molecule has 1 saturated heterocycles. The summed E-state index contributed by atoms with van der Waals surface area (Å²) in [5.74, 6) is -0.301. The molecule has 0 unspecified atom stereocenters. The summed E-state index contributed by atoms with van der Waals surface area (Å²) in [7, 11) is 0. The molecule has 24 heavy (non-hydrogen) atoms. The van der Waals surface area contributed by atoms with Crippen molar-refractivity contribution < 1.29 is 18.7 Å². The van der Waals surface area contributed by atoms with Crippen LogP contribution in [0.4, 0.5) is 4.39 Å². The van der Waals surface area contributed by atoms with E-state index in [9.17, 15) is 9.18 Å². The van der Waals surface area contributed by atoms with Gasteiger partial charge in [0.05, 0.1) is 25.4 Å². The zero-order valence-electron chi connectivity index (χ0n) is 14.4. The number of aryl methyl sites for hydroxylation is 1. The van der Waals surface area contributed by atoms with Gasteiger partial charge in [-0.25, -0.2) is 4.39 Å². The van der Waals surface area contributed by atoms with E-state index < -0.39 is 0 Å². The van der Waals surface area contributed by atoms with Crippen molar-refractivity contribution in [2.45, 2.75) is 45.3 Å². The largest absolute Gasteiger partial charge is 0.379 e. The van der Waals surface area contributed by atoms with Gasteiger partial charge in [0, 0.05) is 13.0 Å². The number of ether oxygens (including phenoxy) is 2. The number of allylic oxidation sites excluding steroid dienone is 1. The highest BCUT2D eigenvalue weighted by Gasteiger charge is 2.27. The third kappa shape index (κ3) is 6.42. The predicted octanol–water partition coefficient (Wildman–Crippen LogP) is 3.01. The average molecular weight is 335 g/mol. The fourth-order valence-corrected chi connectivity index (χ4v) is 2.58. The molecule has 132 valence electrons. The van der Waals surface area contributed by atoms with E-state index in [2.05, 4.69) is 5.32 Å². The summed E-state index contributed by atoms with van der Waals surface area (Å²) in [4.78, 5) is 12.2. The molecule has 1 aliphatic heterocycles. The number of nitrogens with one attached hydrogen (secondary N) is 1. The van der Waals surface area contributed by atoms with Gasteiger partial charge >= 0.3 is 0 Å². The third-order valence-corrected chi connectivity index (χ3v) is 4.00. The van der Waals surface area contributed by atoms with Crippen LogP contribution >= 0.6 is 0 Å². The minimum absolute atomic E-state index is 0.0240. The minimum Gasteiger partial charge on any atom is -0.379 e. The van der Waals surface area contributed by atoms with Gasteiger partial charge in [0.2, 0.25) is 5.91 Å². The van der Waals surface area contributed by atoms with Crippen molar-refractivity contribution in [3.63, 3.8) is 0 Å². The summed E-state index contributed by atoms with van der Waals surface area (Å²) in [5.41, 5.74) is 2.16. The van der Waals surface area contributed by atoms with Gasteiger partial charge < -0.3 is 14.8 Å². The topological polar surface area (TPSA) is 47.6 Å². The van der Waals surface area contributed by atoms with Crippen LogP contribution in [0.2, 0.25) is 0 Å². The Bertz CT molecular complexity index is 552. The quantitative estimate of drug-likeness (QED) is 0.779. The van der Waals surface area contributed by atoms with Gasteiger partial charge in [0.25, 0.3) is 0 Å². The maximum atomic E-state index is 12.9. The van der Waals surface area contributed by atoms with Crippen molar-refractivity contribution in [1.82, 2.24) is 5.32 Å². The Labute approximate surface area is 143 Å². The number of carbonyl (C=O) groups excluding carboxylic acids is 1. The minimum atomic E-state index is -0.265. The number of benzene rings is 1. The van der Waals surface area contributed by atoms with Crippen LogP contribution in [0.1, 0.15) is 32.3 Å². The monoisotopic (exact) mass is 335 g/mol. The molecule has 0 aliphatic carbocycles. The van der Waals surface area contributed by atoms with Crippen LogP contribution in [0.5, 0.6) is 0 Å². The molecule has 1 heterocycles. The van der Waals surface area contributed by atoms with Gasteiger partial charge in [-0.2, -0.15) is 0 Å². The first-order chi connectivity index (χ1) is 11.5. The molecule has 5 heteroatoms. The molecule has 2 atom stereocenters. The van der Waals surface area contributed by atoms with Crippen molar-refractivity contribution in [1.29, 1.82) is 0 Å². The van der Waals surface area contributed by atoms with Crippen molar-refractivity contribution in [3.8, 4) is 0 Å². The lowest BCUT2D eigenvalue weighted by molar-refractivity contribution is -0.125. The van der Waals surface area contributed by atoms with Crippen molar-refractivity contribution in [2.24, 2.45) is 0 Å². The zero-order valence-corrected chi connectivity index (χ0v) is 14.4. The maximum Gasteiger partial charge on any atom is 0.220 e. The Hall–Kier alpha value is -1.72. The number of hydrogen-bond acceptors (Lipinski definition) is 3. The molecular weight excluding hydrogens is 309 g/mol. The summed E-state index contributed by atoms with van der Waals surface area (Å²) in [5, 5.41) is 3.01. The van der Waals surface area contributed by atoms with E-state index in [0.717, 1.165) is 12.0 Å². The SMILES string of the molecule is CC(C)=CCO[C@@H]1CCOC[C@@H]1NC(=O)CCc1ccc(F)cc1. The Balaban J connectivity index is 1.79. The van der Waals surface area contributed by atoms with Crippen LogP contribution in [0, 0.1) is 5.82 Å². The third-order valence-electron chi connectivity index (χ3n) is 4.00. The Morgan fingerprint density at radius 3 is 2.83 bits per heavy atom. The van der Waals surface area contributed by atoms with E-state index in [1.54, 1.807) is 12.1 Å². The lowest BCUT2D eigenvalue weighted by atomic mass is 10.1. The molecule has 0 saturated carbocycles. The lowest BCUT2D eigenvalue weighted by Crippen LogP contribution is -2.50. The molecule has 0 aromatic heterocycles. The molecule has 0 bridgehead atoms. The summed E-state index contributed by atoms with van der Waals surface area (Å²) >= 11 is 0. The molecule has 2 rings (SSSR count). The first-order valence-corrected chi connectivity index (χ1v) is 8.41. The first-order valence-electron chi connectivity index (χ1n) is 8.41. The molecule has 1 aromatic carbocycles. The second-order valence-corrected chi connectivity index (χ2v) is 6.32. The Morgan fingerprint density at radius 2 is 2.12 bits per heavy atom. The van der Waals surface area contributed by atoms with Crippen LogP contribution < -0.4 is 5.32 Å². The fraction of sp³-hybridized carbons (Fsp3) is 0.526. The van der Waals surface area contributed by atoms with Gasteiger partial charge in [-0.05, 0) is 44.4 Å². The van der Waals surface area contributed by atoms with Crippen molar-refractivity contribution in [2.75, 3.05) is 19.8 Å². The average Bonchev–Trinajstić information content (AvgIpc) is 2.55. The number of rotatable bonds is 7. The summed E-state index contributed by atoms with van der Waals surface area (Å²) in [6.45, 7) is 5.74. The highest BCUT2D eigenvalue weighted by molar-refractivity contribution is 5.76. The van der Waals surface area contributed by atoms with Gasteiger partial charge in [0.1, 0.15) is 5.82 Å². The number of carbonyl (C=O) groups is 1. The van der Waals surface area contributed by atoms with Crippen LogP contribution in [0.3, 0.4) is 0 Å². The smallest absolute Gasteiger partial charge is 0.220 e. The molecule has 1 aromatic rings. The molecule has 0 spiro atoms. The summed E-state index contributed by atoms with van der Waals surface area (Å²) < 4.78 is 24.2. The molecule has 0 radical (unpaired) electrons. The summed E-state index contributed by atoms with van der Waals surface area (Å²) in [6, 6.07) is 6.12. The van der Waals surface area contributed by atoms with E-state index in [1.807, 2.05) is 19.9 Å². The van der Waals surface area contributed by atoms with Gasteiger partial charge in [-0.3, -0.25) is 4.79 Å². The molecule has 4 nitrogen and oxygen atoms in total. The number of amides is 1. The van der Waals surface area contributed by atoms with Crippen LogP contribution in [0.25, 0.3) is 0 Å². The van der Waals surface area contributed by atoms with Crippen LogP contribution in [-0.4, -0.2) is 37.9 Å². The maximum absolute atomic E-state index is 12.9. The standard InChI is InChI=1S/C19H26FNO3/c1-14(2)9-12-24-18-10-11-23-13-17(18)21-19(22)8-5-15-3-6-16(20)7-4-15/h3-4,6-7,9,17-18H,5,8,10-13H2,1-2H3,(H,21,22)/t17-,18+/m0/s1. The number of halogens is 1. The van der Waals surface area contributed by atoms with E-state index in [1.165, 1.54) is 17.7 Å². The molecule has 1 aliphatic rings. The van der Waals surface area contributed by atoms with Gasteiger partial charge in [-0.1, -0.05) is 23.8 Å². The zero-order chi connectivity index (χ0) is 17.4. The first kappa shape index (κ1) is 18.6. The van der Waals surface area contributed by atoms with E-state index in [0.29, 0.717) is 32.7 Å². The Kier molecular flexibility index (Phi) is 7.40.